The largest absolute Gasteiger partial charge is 0.444 e. The van der Waals surface area contributed by atoms with Crippen molar-refractivity contribution in [2.75, 3.05) is 5.75 Å². The third-order valence-electron chi connectivity index (χ3n) is 4.06. The van der Waals surface area contributed by atoms with Crippen molar-refractivity contribution in [2.45, 2.75) is 78.2 Å². The molecular formula is C22H35N3O4S. The zero-order chi connectivity index (χ0) is 23.1. The van der Waals surface area contributed by atoms with Gasteiger partial charge in [-0.1, -0.05) is 30.3 Å². The Morgan fingerprint density at radius 1 is 1.03 bits per heavy atom. The van der Waals surface area contributed by atoms with Crippen molar-refractivity contribution in [1.29, 1.82) is 0 Å². The number of carbonyl (C=O) groups is 3. The van der Waals surface area contributed by atoms with Gasteiger partial charge < -0.3 is 20.3 Å². The van der Waals surface area contributed by atoms with E-state index < -0.39 is 29.7 Å². The molecule has 168 valence electrons. The summed E-state index contributed by atoms with van der Waals surface area (Å²) in [5.41, 5.74) is -0.0108. The van der Waals surface area contributed by atoms with Crippen molar-refractivity contribution in [3.8, 4) is 0 Å². The van der Waals surface area contributed by atoms with E-state index in [4.69, 9.17) is 4.74 Å². The number of nitrogens with one attached hydrogen (secondary N) is 2. The van der Waals surface area contributed by atoms with Gasteiger partial charge in [-0.3, -0.25) is 9.59 Å². The van der Waals surface area contributed by atoms with Crippen molar-refractivity contribution in [2.24, 2.45) is 0 Å². The number of rotatable bonds is 8. The minimum absolute atomic E-state index is 0.0641. The number of nitrogens with zero attached hydrogens (tertiary/aromatic N) is 1. The van der Waals surface area contributed by atoms with Crippen LogP contribution < -0.4 is 10.6 Å². The van der Waals surface area contributed by atoms with Crippen LogP contribution in [0.5, 0.6) is 0 Å². The molecule has 0 heterocycles. The fraction of sp³-hybridized carbons (Fsp3) is 0.591. The van der Waals surface area contributed by atoms with E-state index in [9.17, 15) is 14.4 Å². The van der Waals surface area contributed by atoms with Gasteiger partial charge in [0.25, 0.3) is 0 Å². The molecule has 0 saturated heterocycles. The molecule has 7 nitrogen and oxygen atoms in total. The minimum atomic E-state index is -0.941. The topological polar surface area (TPSA) is 87.7 Å². The third kappa shape index (κ3) is 7.89. The van der Waals surface area contributed by atoms with Crippen LogP contribution in [0.1, 0.15) is 60.1 Å². The van der Waals surface area contributed by atoms with Crippen molar-refractivity contribution >= 4 is 30.5 Å². The number of ether oxygens (including phenoxy) is 1. The first-order valence-electron chi connectivity index (χ1n) is 10.1. The van der Waals surface area contributed by atoms with Crippen molar-refractivity contribution < 1.29 is 19.1 Å². The molecule has 2 N–H and O–H groups in total. The van der Waals surface area contributed by atoms with Gasteiger partial charge >= 0.3 is 6.09 Å². The molecular weight excluding hydrogens is 402 g/mol. The quantitative estimate of drug-likeness (QED) is 0.545. The Balaban J connectivity index is 3.26. The standard InChI is InChI=1S/C22H35N3O4S/c1-14(2)23-19(26)18(16-11-9-8-10-12-16)25(15(3)4)20(27)17(13-30)24-21(28)29-22(5,6)7/h8-12,14-15,17-18,30H,13H2,1-7H3,(H,23,26)(H,24,28). The molecule has 1 rings (SSSR count). The summed E-state index contributed by atoms with van der Waals surface area (Å²) in [6.07, 6.45) is -0.707. The van der Waals surface area contributed by atoms with Crippen LogP contribution in [0.4, 0.5) is 4.79 Å². The van der Waals surface area contributed by atoms with E-state index in [1.54, 1.807) is 20.8 Å². The highest BCUT2D eigenvalue weighted by Crippen LogP contribution is 2.25. The molecule has 1 aromatic rings. The summed E-state index contributed by atoms with van der Waals surface area (Å²) in [6, 6.07) is 6.94. The fourth-order valence-corrected chi connectivity index (χ4v) is 3.18. The molecule has 0 bridgehead atoms. The molecule has 0 aliphatic heterocycles. The number of hydrogen-bond donors (Lipinski definition) is 3. The average molecular weight is 438 g/mol. The number of amides is 3. The Morgan fingerprint density at radius 2 is 1.60 bits per heavy atom. The van der Waals surface area contributed by atoms with Gasteiger partial charge in [-0.2, -0.15) is 12.6 Å². The van der Waals surface area contributed by atoms with Crippen LogP contribution >= 0.6 is 12.6 Å². The predicted molar refractivity (Wildman–Crippen MR) is 121 cm³/mol. The first-order chi connectivity index (χ1) is 13.9. The Hall–Kier alpha value is -2.22. The first kappa shape index (κ1) is 25.8. The van der Waals surface area contributed by atoms with Gasteiger partial charge in [0.05, 0.1) is 0 Å². The highest BCUT2D eigenvalue weighted by atomic mass is 32.1. The second-order valence-corrected chi connectivity index (χ2v) is 9.06. The van der Waals surface area contributed by atoms with E-state index in [2.05, 4.69) is 23.3 Å². The molecule has 0 spiro atoms. The normalized spacial score (nSPS) is 13.5. The average Bonchev–Trinajstić information content (AvgIpc) is 2.61. The Labute approximate surface area is 185 Å². The summed E-state index contributed by atoms with van der Waals surface area (Å²) in [7, 11) is 0. The molecule has 0 fully saturated rings. The monoisotopic (exact) mass is 437 g/mol. The summed E-state index contributed by atoms with van der Waals surface area (Å²) >= 11 is 4.25. The summed E-state index contributed by atoms with van der Waals surface area (Å²) in [4.78, 5) is 40.3. The van der Waals surface area contributed by atoms with Gasteiger partial charge in [-0.25, -0.2) is 4.79 Å². The lowest BCUT2D eigenvalue weighted by Crippen LogP contribution is -2.56. The molecule has 0 aliphatic rings. The smallest absolute Gasteiger partial charge is 0.408 e. The Kier molecular flexibility index (Phi) is 9.68. The predicted octanol–water partition coefficient (Wildman–Crippen LogP) is 3.31. The van der Waals surface area contributed by atoms with Crippen LogP contribution in [0.3, 0.4) is 0 Å². The second-order valence-electron chi connectivity index (χ2n) is 8.70. The maximum absolute atomic E-state index is 13.4. The Morgan fingerprint density at radius 3 is 2.03 bits per heavy atom. The number of hydrogen-bond acceptors (Lipinski definition) is 5. The molecule has 0 aromatic heterocycles. The maximum Gasteiger partial charge on any atom is 0.408 e. The number of thiol groups is 1. The zero-order valence-electron chi connectivity index (χ0n) is 18.9. The lowest BCUT2D eigenvalue weighted by Gasteiger charge is -2.37. The lowest BCUT2D eigenvalue weighted by atomic mass is 10.0. The third-order valence-corrected chi connectivity index (χ3v) is 4.42. The summed E-state index contributed by atoms with van der Waals surface area (Å²) in [5.74, 6) is -0.624. The maximum atomic E-state index is 13.4. The zero-order valence-corrected chi connectivity index (χ0v) is 19.8. The van der Waals surface area contributed by atoms with E-state index >= 15 is 0 Å². The lowest BCUT2D eigenvalue weighted by molar-refractivity contribution is -0.144. The number of alkyl carbamates (subject to hydrolysis) is 1. The second kappa shape index (κ2) is 11.2. The van der Waals surface area contributed by atoms with Gasteiger partial charge in [0.2, 0.25) is 11.8 Å². The van der Waals surface area contributed by atoms with Gasteiger partial charge in [0, 0.05) is 17.8 Å². The molecule has 0 radical (unpaired) electrons. The highest BCUT2D eigenvalue weighted by Gasteiger charge is 2.37. The summed E-state index contributed by atoms with van der Waals surface area (Å²) < 4.78 is 5.27. The molecule has 3 amide bonds. The number of benzene rings is 1. The van der Waals surface area contributed by atoms with Gasteiger partial charge in [0.15, 0.2) is 0 Å². The SMILES string of the molecule is CC(C)NC(=O)C(c1ccccc1)N(C(=O)C(CS)NC(=O)OC(C)(C)C)C(C)C. The van der Waals surface area contributed by atoms with Crippen molar-refractivity contribution in [3.05, 3.63) is 35.9 Å². The number of carbonyl (C=O) groups excluding carboxylic acids is 3. The van der Waals surface area contributed by atoms with E-state index in [1.807, 2.05) is 58.0 Å². The van der Waals surface area contributed by atoms with Gasteiger partial charge in [0.1, 0.15) is 17.7 Å². The van der Waals surface area contributed by atoms with Crippen LogP contribution in [-0.4, -0.2) is 52.3 Å². The molecule has 0 aliphatic carbocycles. The molecule has 2 atom stereocenters. The molecule has 0 saturated carbocycles. The van der Waals surface area contributed by atoms with Crippen molar-refractivity contribution in [1.82, 2.24) is 15.5 Å². The van der Waals surface area contributed by atoms with Gasteiger partial charge in [-0.15, -0.1) is 0 Å². The Bertz CT molecular complexity index is 717. The van der Waals surface area contributed by atoms with Crippen molar-refractivity contribution in [3.63, 3.8) is 0 Å². The van der Waals surface area contributed by atoms with E-state index in [-0.39, 0.29) is 23.7 Å². The first-order valence-corrected chi connectivity index (χ1v) is 10.8. The van der Waals surface area contributed by atoms with Crippen LogP contribution in [0.2, 0.25) is 0 Å². The van der Waals surface area contributed by atoms with E-state index in [1.165, 1.54) is 4.90 Å². The molecule has 30 heavy (non-hydrogen) atoms. The van der Waals surface area contributed by atoms with Gasteiger partial charge in [-0.05, 0) is 54.0 Å². The summed E-state index contributed by atoms with van der Waals surface area (Å²) in [6.45, 7) is 12.6. The molecule has 8 heteroatoms. The van der Waals surface area contributed by atoms with Crippen LogP contribution in [0, 0.1) is 0 Å². The fourth-order valence-electron chi connectivity index (χ4n) is 2.93. The highest BCUT2D eigenvalue weighted by molar-refractivity contribution is 7.80. The minimum Gasteiger partial charge on any atom is -0.444 e. The summed E-state index contributed by atoms with van der Waals surface area (Å²) in [5, 5.41) is 5.48. The molecule has 2 unspecified atom stereocenters. The van der Waals surface area contributed by atoms with Crippen LogP contribution in [0.15, 0.2) is 30.3 Å². The van der Waals surface area contributed by atoms with E-state index in [0.717, 1.165) is 0 Å². The molecule has 1 aromatic carbocycles. The van der Waals surface area contributed by atoms with Crippen LogP contribution in [0.25, 0.3) is 0 Å². The van der Waals surface area contributed by atoms with E-state index in [0.29, 0.717) is 5.56 Å². The van der Waals surface area contributed by atoms with Crippen LogP contribution in [-0.2, 0) is 14.3 Å².